The van der Waals surface area contributed by atoms with Crippen LogP contribution >= 0.6 is 23.1 Å². The number of nitrogens with one attached hydrogen (secondary N) is 1. The van der Waals surface area contributed by atoms with Crippen molar-refractivity contribution in [3.05, 3.63) is 10.9 Å². The number of nitrogens with two attached hydrogens (primary N) is 1. The zero-order valence-corrected chi connectivity index (χ0v) is 12.7. The molecule has 0 aliphatic carbocycles. The molecule has 0 spiro atoms. The molecule has 0 radical (unpaired) electrons. The lowest BCUT2D eigenvalue weighted by Gasteiger charge is -2.17. The standard InChI is InChI=1S/C12H18N4S2/c1-5-7-6-8-9(17-7)14-11(16-13)15-10(8)18-12(2,3)4/h6H,5,13H2,1-4H3,(H,14,15,16). The van der Waals surface area contributed by atoms with Crippen LogP contribution in [-0.4, -0.2) is 14.7 Å². The van der Waals surface area contributed by atoms with Gasteiger partial charge in [-0.1, -0.05) is 39.5 Å². The highest BCUT2D eigenvalue weighted by Crippen LogP contribution is 2.38. The molecule has 2 rings (SSSR count). The molecule has 0 aromatic carbocycles. The largest absolute Gasteiger partial charge is 0.292 e. The summed E-state index contributed by atoms with van der Waals surface area (Å²) >= 11 is 3.45. The van der Waals surface area contributed by atoms with Gasteiger partial charge in [-0.05, 0) is 12.5 Å². The summed E-state index contributed by atoms with van der Waals surface area (Å²) in [7, 11) is 0. The molecule has 2 aromatic heterocycles. The molecule has 2 heterocycles. The van der Waals surface area contributed by atoms with Gasteiger partial charge in [-0.3, -0.25) is 5.43 Å². The lowest BCUT2D eigenvalue weighted by atomic mass is 10.3. The molecule has 0 atom stereocenters. The van der Waals surface area contributed by atoms with Gasteiger partial charge in [0.1, 0.15) is 9.86 Å². The summed E-state index contributed by atoms with van der Waals surface area (Å²) in [6.45, 7) is 8.67. The van der Waals surface area contributed by atoms with Crippen LogP contribution in [0.15, 0.2) is 11.1 Å². The van der Waals surface area contributed by atoms with Crippen molar-refractivity contribution in [1.82, 2.24) is 9.97 Å². The maximum atomic E-state index is 5.43. The Morgan fingerprint density at radius 3 is 2.67 bits per heavy atom. The first-order valence-electron chi connectivity index (χ1n) is 5.89. The van der Waals surface area contributed by atoms with Crippen molar-refractivity contribution in [2.75, 3.05) is 5.43 Å². The van der Waals surface area contributed by atoms with E-state index in [1.54, 1.807) is 23.1 Å². The molecule has 6 heteroatoms. The Kier molecular flexibility index (Phi) is 3.79. The normalized spacial score (nSPS) is 12.1. The van der Waals surface area contributed by atoms with Crippen molar-refractivity contribution in [1.29, 1.82) is 0 Å². The number of aryl methyl sites for hydroxylation is 1. The number of rotatable bonds is 3. The van der Waals surface area contributed by atoms with Crippen LogP contribution in [0.4, 0.5) is 5.95 Å². The lowest BCUT2D eigenvalue weighted by Crippen LogP contribution is -2.12. The fourth-order valence-corrected chi connectivity index (χ4v) is 3.56. The van der Waals surface area contributed by atoms with E-state index in [1.807, 2.05) is 0 Å². The SMILES string of the molecule is CCc1cc2c(SC(C)(C)C)nc(NN)nc2s1. The third-order valence-corrected chi connectivity index (χ3v) is 4.58. The number of nitrogens with zero attached hydrogens (tertiary/aromatic N) is 2. The molecular weight excluding hydrogens is 264 g/mol. The van der Waals surface area contributed by atoms with E-state index in [-0.39, 0.29) is 4.75 Å². The van der Waals surface area contributed by atoms with E-state index < -0.39 is 0 Å². The third kappa shape index (κ3) is 2.93. The molecule has 2 aromatic rings. The number of aromatic nitrogens is 2. The van der Waals surface area contributed by atoms with Crippen LogP contribution in [0, 0.1) is 0 Å². The second kappa shape index (κ2) is 5.03. The van der Waals surface area contributed by atoms with Crippen LogP contribution in [0.25, 0.3) is 10.2 Å². The Morgan fingerprint density at radius 1 is 1.39 bits per heavy atom. The first-order chi connectivity index (χ1) is 8.43. The molecule has 0 unspecified atom stereocenters. The van der Waals surface area contributed by atoms with Crippen molar-refractivity contribution >= 4 is 39.3 Å². The first kappa shape index (κ1) is 13.6. The predicted octanol–water partition coefficient (Wildman–Crippen LogP) is 3.43. The molecule has 0 saturated carbocycles. The van der Waals surface area contributed by atoms with Crippen molar-refractivity contribution in [2.45, 2.75) is 43.9 Å². The molecule has 0 aliphatic heterocycles. The molecule has 4 nitrogen and oxygen atoms in total. The van der Waals surface area contributed by atoms with Gasteiger partial charge in [0.25, 0.3) is 0 Å². The van der Waals surface area contributed by atoms with Crippen LogP contribution < -0.4 is 11.3 Å². The Balaban J connectivity index is 2.57. The Hall–Kier alpha value is -0.850. The van der Waals surface area contributed by atoms with Gasteiger partial charge < -0.3 is 0 Å². The van der Waals surface area contributed by atoms with Crippen LogP contribution in [0.2, 0.25) is 0 Å². The maximum absolute atomic E-state index is 5.43. The second-order valence-electron chi connectivity index (χ2n) is 5.00. The summed E-state index contributed by atoms with van der Waals surface area (Å²) in [6, 6.07) is 2.19. The summed E-state index contributed by atoms with van der Waals surface area (Å²) < 4.78 is 0.113. The number of hydrogen-bond donors (Lipinski definition) is 2. The van der Waals surface area contributed by atoms with Crippen molar-refractivity contribution in [3.63, 3.8) is 0 Å². The summed E-state index contributed by atoms with van der Waals surface area (Å²) in [5.41, 5.74) is 2.54. The zero-order chi connectivity index (χ0) is 13.3. The van der Waals surface area contributed by atoms with Crippen molar-refractivity contribution < 1.29 is 0 Å². The molecule has 0 aliphatic rings. The molecule has 0 amide bonds. The summed E-state index contributed by atoms with van der Waals surface area (Å²) in [5.74, 6) is 5.92. The van der Waals surface area contributed by atoms with Crippen LogP contribution in [-0.2, 0) is 6.42 Å². The van der Waals surface area contributed by atoms with Crippen molar-refractivity contribution in [2.24, 2.45) is 5.84 Å². The molecule has 0 saturated heterocycles. The Labute approximate surface area is 115 Å². The van der Waals surface area contributed by atoms with Gasteiger partial charge in [0.15, 0.2) is 0 Å². The molecule has 0 bridgehead atoms. The average Bonchev–Trinajstić information content (AvgIpc) is 2.70. The number of fused-ring (bicyclic) bond motifs is 1. The molecule has 98 valence electrons. The van der Waals surface area contributed by atoms with Gasteiger partial charge in [0.05, 0.1) is 0 Å². The van der Waals surface area contributed by atoms with Crippen LogP contribution in [0.1, 0.15) is 32.6 Å². The number of thiophene rings is 1. The number of anilines is 1. The highest BCUT2D eigenvalue weighted by atomic mass is 32.2. The lowest BCUT2D eigenvalue weighted by molar-refractivity contribution is 0.800. The van der Waals surface area contributed by atoms with Gasteiger partial charge in [-0.15, -0.1) is 11.3 Å². The van der Waals surface area contributed by atoms with E-state index in [2.05, 4.69) is 49.2 Å². The van der Waals surface area contributed by atoms with Crippen molar-refractivity contribution in [3.8, 4) is 0 Å². The average molecular weight is 282 g/mol. The minimum absolute atomic E-state index is 0.113. The number of hydrazine groups is 1. The topological polar surface area (TPSA) is 63.8 Å². The number of thioether (sulfide) groups is 1. The smallest absolute Gasteiger partial charge is 0.239 e. The maximum Gasteiger partial charge on any atom is 0.239 e. The first-order valence-corrected chi connectivity index (χ1v) is 7.52. The van der Waals surface area contributed by atoms with Gasteiger partial charge in [0.2, 0.25) is 5.95 Å². The van der Waals surface area contributed by atoms with E-state index in [0.717, 1.165) is 21.7 Å². The quantitative estimate of drug-likeness (QED) is 0.391. The molecule has 3 N–H and O–H groups in total. The summed E-state index contributed by atoms with van der Waals surface area (Å²) in [6.07, 6.45) is 1.02. The highest BCUT2D eigenvalue weighted by Gasteiger charge is 2.18. The molecular formula is C12H18N4S2. The van der Waals surface area contributed by atoms with Gasteiger partial charge in [-0.25, -0.2) is 15.8 Å². The Bertz CT molecular complexity index is 557. The monoisotopic (exact) mass is 282 g/mol. The zero-order valence-electron chi connectivity index (χ0n) is 11.1. The minimum atomic E-state index is 0.113. The molecule has 0 fully saturated rings. The summed E-state index contributed by atoms with van der Waals surface area (Å²) in [5, 5.41) is 2.13. The van der Waals surface area contributed by atoms with Gasteiger partial charge >= 0.3 is 0 Å². The Morgan fingerprint density at radius 2 is 2.11 bits per heavy atom. The van der Waals surface area contributed by atoms with Gasteiger partial charge in [-0.2, -0.15) is 0 Å². The van der Waals surface area contributed by atoms with E-state index >= 15 is 0 Å². The highest BCUT2D eigenvalue weighted by molar-refractivity contribution is 8.00. The van der Waals surface area contributed by atoms with Crippen LogP contribution in [0.3, 0.4) is 0 Å². The van der Waals surface area contributed by atoms with Gasteiger partial charge in [0, 0.05) is 15.0 Å². The number of hydrogen-bond acceptors (Lipinski definition) is 6. The fraction of sp³-hybridized carbons (Fsp3) is 0.500. The van der Waals surface area contributed by atoms with E-state index in [9.17, 15) is 0 Å². The minimum Gasteiger partial charge on any atom is -0.292 e. The predicted molar refractivity (Wildman–Crippen MR) is 80.2 cm³/mol. The van der Waals surface area contributed by atoms with Crippen LogP contribution in [0.5, 0.6) is 0 Å². The molecule has 18 heavy (non-hydrogen) atoms. The van der Waals surface area contributed by atoms with E-state index in [0.29, 0.717) is 5.95 Å². The van der Waals surface area contributed by atoms with E-state index in [1.165, 1.54) is 4.88 Å². The number of nitrogen functional groups attached to an aromatic ring is 1. The fourth-order valence-electron chi connectivity index (χ4n) is 1.55. The van der Waals surface area contributed by atoms with E-state index in [4.69, 9.17) is 5.84 Å². The summed E-state index contributed by atoms with van der Waals surface area (Å²) in [4.78, 5) is 11.2. The second-order valence-corrected chi connectivity index (χ2v) is 7.93. The third-order valence-electron chi connectivity index (χ3n) is 2.29.